The highest BCUT2D eigenvalue weighted by molar-refractivity contribution is 5.55. The van der Waals surface area contributed by atoms with Gasteiger partial charge in [0, 0.05) is 37.1 Å². The van der Waals surface area contributed by atoms with E-state index >= 15 is 0 Å². The van der Waals surface area contributed by atoms with Crippen molar-refractivity contribution in [3.8, 4) is 0 Å². The minimum Gasteiger partial charge on any atom is -0.395 e. The van der Waals surface area contributed by atoms with Crippen molar-refractivity contribution < 1.29 is 9.84 Å². The molecule has 1 saturated heterocycles. The van der Waals surface area contributed by atoms with Crippen molar-refractivity contribution in [2.24, 2.45) is 0 Å². The van der Waals surface area contributed by atoms with Crippen LogP contribution in [0.2, 0.25) is 0 Å². The summed E-state index contributed by atoms with van der Waals surface area (Å²) in [5.41, 5.74) is 2.33. The molecule has 0 amide bonds. The topological polar surface area (TPSA) is 44.7 Å². The van der Waals surface area contributed by atoms with Crippen molar-refractivity contribution in [3.05, 3.63) is 24.3 Å². The molecule has 2 rings (SSSR count). The maximum Gasteiger partial charge on any atom is 0.0606 e. The van der Waals surface area contributed by atoms with Crippen LogP contribution in [0, 0.1) is 0 Å². The third-order valence-corrected chi connectivity index (χ3v) is 4.18. The van der Waals surface area contributed by atoms with Gasteiger partial charge in [-0.3, -0.25) is 0 Å². The normalized spacial score (nSPS) is 22.0. The fourth-order valence-electron chi connectivity index (χ4n) is 2.89. The van der Waals surface area contributed by atoms with E-state index in [-0.39, 0.29) is 6.61 Å². The van der Waals surface area contributed by atoms with E-state index in [1.807, 2.05) is 0 Å². The molecule has 0 aliphatic carbocycles. The predicted molar refractivity (Wildman–Crippen MR) is 88.1 cm³/mol. The summed E-state index contributed by atoms with van der Waals surface area (Å²) in [4.78, 5) is 2.17. The van der Waals surface area contributed by atoms with Gasteiger partial charge >= 0.3 is 0 Å². The van der Waals surface area contributed by atoms with Crippen LogP contribution in [-0.2, 0) is 4.74 Å². The molecule has 2 atom stereocenters. The largest absolute Gasteiger partial charge is 0.395 e. The zero-order valence-electron chi connectivity index (χ0n) is 13.2. The summed E-state index contributed by atoms with van der Waals surface area (Å²) in [6.07, 6.45) is 3.65. The summed E-state index contributed by atoms with van der Waals surface area (Å²) in [7, 11) is 0. The molecule has 2 unspecified atom stereocenters. The van der Waals surface area contributed by atoms with Crippen LogP contribution < -0.4 is 10.2 Å². The van der Waals surface area contributed by atoms with Crippen LogP contribution in [0.5, 0.6) is 0 Å². The predicted octanol–water partition coefficient (Wildman–Crippen LogP) is 2.87. The van der Waals surface area contributed by atoms with Crippen LogP contribution in [0.1, 0.15) is 33.1 Å². The average Bonchev–Trinajstić information content (AvgIpc) is 2.54. The summed E-state index contributed by atoms with van der Waals surface area (Å²) >= 11 is 0. The Morgan fingerprint density at radius 3 is 2.67 bits per heavy atom. The number of aliphatic hydroxyl groups is 1. The minimum absolute atomic E-state index is 0.189. The first-order valence-corrected chi connectivity index (χ1v) is 8.10. The average molecular weight is 292 g/mol. The lowest BCUT2D eigenvalue weighted by Gasteiger charge is -2.30. The molecule has 1 heterocycles. The van der Waals surface area contributed by atoms with Crippen molar-refractivity contribution in [2.45, 2.75) is 45.3 Å². The highest BCUT2D eigenvalue weighted by atomic mass is 16.5. The Bertz CT molecular complexity index is 408. The monoisotopic (exact) mass is 292 g/mol. The smallest absolute Gasteiger partial charge is 0.0606 e. The third-order valence-electron chi connectivity index (χ3n) is 4.18. The molecule has 118 valence electrons. The van der Waals surface area contributed by atoms with Crippen LogP contribution >= 0.6 is 0 Å². The van der Waals surface area contributed by atoms with E-state index in [2.05, 4.69) is 48.3 Å². The van der Waals surface area contributed by atoms with Crippen molar-refractivity contribution in [2.75, 3.05) is 36.5 Å². The molecule has 4 nitrogen and oxygen atoms in total. The summed E-state index contributed by atoms with van der Waals surface area (Å²) < 4.78 is 5.72. The Hall–Kier alpha value is -1.26. The number of benzene rings is 1. The first-order valence-electron chi connectivity index (χ1n) is 8.10. The SMILES string of the molecule is CCC1CC(Nc2ccc(N(CC)CCO)cc2)CCO1. The number of likely N-dealkylation sites (N-methyl/N-ethyl adjacent to an activating group) is 1. The van der Waals surface area contributed by atoms with Gasteiger partial charge in [0.05, 0.1) is 12.7 Å². The number of ether oxygens (including phenoxy) is 1. The molecule has 1 fully saturated rings. The van der Waals surface area contributed by atoms with Gasteiger partial charge in [0.25, 0.3) is 0 Å². The van der Waals surface area contributed by atoms with Crippen LogP contribution in [0.4, 0.5) is 11.4 Å². The van der Waals surface area contributed by atoms with Crippen molar-refractivity contribution in [1.29, 1.82) is 0 Å². The molecule has 0 aromatic heterocycles. The molecule has 1 aromatic carbocycles. The number of hydrogen-bond donors (Lipinski definition) is 2. The van der Waals surface area contributed by atoms with Crippen molar-refractivity contribution >= 4 is 11.4 Å². The van der Waals surface area contributed by atoms with E-state index in [9.17, 15) is 0 Å². The van der Waals surface area contributed by atoms with Gasteiger partial charge in [-0.15, -0.1) is 0 Å². The molecular weight excluding hydrogens is 264 g/mol. The lowest BCUT2D eigenvalue weighted by molar-refractivity contribution is 0.00926. The first kappa shape index (κ1) is 16.1. The van der Waals surface area contributed by atoms with E-state index in [0.717, 1.165) is 38.1 Å². The lowest BCUT2D eigenvalue weighted by Crippen LogP contribution is -2.33. The van der Waals surface area contributed by atoms with Gasteiger partial charge in [-0.1, -0.05) is 6.92 Å². The molecule has 1 aliphatic heterocycles. The molecule has 0 bridgehead atoms. The first-order chi connectivity index (χ1) is 10.3. The van der Waals surface area contributed by atoms with Gasteiger partial charge < -0.3 is 20.1 Å². The molecule has 0 spiro atoms. The Kier molecular flexibility index (Phi) is 6.33. The maximum atomic E-state index is 9.08. The van der Waals surface area contributed by atoms with Crippen LogP contribution in [0.15, 0.2) is 24.3 Å². The molecule has 1 aromatic rings. The van der Waals surface area contributed by atoms with E-state index in [4.69, 9.17) is 9.84 Å². The van der Waals surface area contributed by atoms with Gasteiger partial charge in [0.15, 0.2) is 0 Å². The third kappa shape index (κ3) is 4.61. The van der Waals surface area contributed by atoms with Crippen LogP contribution in [0.25, 0.3) is 0 Å². The summed E-state index contributed by atoms with van der Waals surface area (Å²) in [5.74, 6) is 0. The number of aliphatic hydroxyl groups excluding tert-OH is 1. The van der Waals surface area contributed by atoms with Gasteiger partial charge in [0.1, 0.15) is 0 Å². The second-order valence-corrected chi connectivity index (χ2v) is 5.62. The van der Waals surface area contributed by atoms with E-state index < -0.39 is 0 Å². The van der Waals surface area contributed by atoms with Gasteiger partial charge in [-0.05, 0) is 50.5 Å². The van der Waals surface area contributed by atoms with Gasteiger partial charge in [-0.2, -0.15) is 0 Å². The van der Waals surface area contributed by atoms with E-state index in [1.54, 1.807) is 0 Å². The Morgan fingerprint density at radius 2 is 2.05 bits per heavy atom. The molecule has 2 N–H and O–H groups in total. The number of nitrogens with one attached hydrogen (secondary N) is 1. The fourth-order valence-corrected chi connectivity index (χ4v) is 2.89. The highest BCUT2D eigenvalue weighted by Gasteiger charge is 2.20. The molecule has 1 aliphatic rings. The van der Waals surface area contributed by atoms with Crippen LogP contribution in [-0.4, -0.2) is 43.6 Å². The standard InChI is InChI=1S/C17H28N2O2/c1-3-17-13-15(9-12-21-17)18-14-5-7-16(8-6-14)19(4-2)10-11-20/h5-8,15,17-18,20H,3-4,9-13H2,1-2H3. The molecule has 4 heteroatoms. The van der Waals surface area contributed by atoms with Crippen molar-refractivity contribution in [3.63, 3.8) is 0 Å². The second-order valence-electron chi connectivity index (χ2n) is 5.62. The highest BCUT2D eigenvalue weighted by Crippen LogP contribution is 2.22. The Morgan fingerprint density at radius 1 is 1.29 bits per heavy atom. The van der Waals surface area contributed by atoms with E-state index in [0.29, 0.717) is 18.7 Å². The fraction of sp³-hybridized carbons (Fsp3) is 0.647. The zero-order chi connectivity index (χ0) is 15.1. The Labute approximate surface area is 128 Å². The van der Waals surface area contributed by atoms with Gasteiger partial charge in [0.2, 0.25) is 0 Å². The second kappa shape index (κ2) is 8.25. The lowest BCUT2D eigenvalue weighted by atomic mass is 10.0. The number of nitrogens with zero attached hydrogens (tertiary/aromatic N) is 1. The molecular formula is C17H28N2O2. The number of rotatable bonds is 7. The maximum absolute atomic E-state index is 9.08. The van der Waals surface area contributed by atoms with E-state index in [1.165, 1.54) is 5.69 Å². The molecule has 0 radical (unpaired) electrons. The summed E-state index contributed by atoms with van der Waals surface area (Å²) in [6, 6.07) is 9.02. The number of anilines is 2. The quantitative estimate of drug-likeness (QED) is 0.811. The molecule has 0 saturated carbocycles. The Balaban J connectivity index is 1.92. The summed E-state index contributed by atoms with van der Waals surface area (Å²) in [6.45, 7) is 6.92. The zero-order valence-corrected chi connectivity index (χ0v) is 13.2. The van der Waals surface area contributed by atoms with Gasteiger partial charge in [-0.25, -0.2) is 0 Å². The number of hydrogen-bond acceptors (Lipinski definition) is 4. The molecule has 21 heavy (non-hydrogen) atoms. The minimum atomic E-state index is 0.189. The van der Waals surface area contributed by atoms with Crippen molar-refractivity contribution in [1.82, 2.24) is 0 Å². The van der Waals surface area contributed by atoms with Crippen LogP contribution in [0.3, 0.4) is 0 Å². The summed E-state index contributed by atoms with van der Waals surface area (Å²) in [5, 5.41) is 12.7.